The van der Waals surface area contributed by atoms with Crippen LogP contribution in [0.1, 0.15) is 40.3 Å². The third kappa shape index (κ3) is 3.14. The fourth-order valence-electron chi connectivity index (χ4n) is 4.44. The Kier molecular flexibility index (Phi) is 4.50. The highest BCUT2D eigenvalue weighted by Gasteiger charge is 2.48. The summed E-state index contributed by atoms with van der Waals surface area (Å²) in [5.41, 5.74) is 5.79. The van der Waals surface area contributed by atoms with Gasteiger partial charge in [0, 0.05) is 18.6 Å². The number of carbonyl (C=O) groups is 1. The van der Waals surface area contributed by atoms with E-state index in [0.717, 1.165) is 31.4 Å². The highest BCUT2D eigenvalue weighted by atomic mass is 32.1. The Morgan fingerprint density at radius 3 is 2.85 bits per heavy atom. The maximum atomic E-state index is 13.3. The van der Waals surface area contributed by atoms with E-state index in [1.54, 1.807) is 13.0 Å². The normalized spacial score (nSPS) is 24.6. The van der Waals surface area contributed by atoms with Crippen molar-refractivity contribution in [3.63, 3.8) is 0 Å². The van der Waals surface area contributed by atoms with Crippen LogP contribution in [0.15, 0.2) is 24.3 Å². The second-order valence-corrected chi connectivity index (χ2v) is 8.43. The number of thiazole rings is 1. The molecule has 1 aliphatic heterocycles. The van der Waals surface area contributed by atoms with Crippen molar-refractivity contribution in [1.82, 2.24) is 9.88 Å². The number of aromatic nitrogens is 1. The molecule has 4 nitrogen and oxygen atoms in total. The average molecular weight is 395 g/mol. The zero-order valence-electron chi connectivity index (χ0n) is 14.8. The molecule has 2 aromatic rings. The van der Waals surface area contributed by atoms with Crippen LogP contribution in [-0.2, 0) is 6.18 Å². The van der Waals surface area contributed by atoms with Crippen molar-refractivity contribution in [1.29, 1.82) is 0 Å². The van der Waals surface area contributed by atoms with Crippen LogP contribution < -0.4 is 5.73 Å². The zero-order chi connectivity index (χ0) is 19.3. The predicted octanol–water partition coefficient (Wildman–Crippen LogP) is 4.09. The molecule has 2 heterocycles. The second kappa shape index (κ2) is 6.60. The van der Waals surface area contributed by atoms with Crippen LogP contribution in [0.25, 0.3) is 10.4 Å². The molecule has 3 atom stereocenters. The van der Waals surface area contributed by atoms with Crippen LogP contribution in [-0.4, -0.2) is 34.4 Å². The summed E-state index contributed by atoms with van der Waals surface area (Å²) >= 11 is 1.25. The van der Waals surface area contributed by atoms with Gasteiger partial charge < -0.3 is 10.6 Å². The van der Waals surface area contributed by atoms with Crippen molar-refractivity contribution in [3.8, 4) is 10.4 Å². The third-order valence-corrected chi connectivity index (χ3v) is 6.62. The van der Waals surface area contributed by atoms with Gasteiger partial charge in [0.25, 0.3) is 5.91 Å². The van der Waals surface area contributed by atoms with Gasteiger partial charge in [-0.2, -0.15) is 13.2 Å². The minimum atomic E-state index is -4.43. The summed E-state index contributed by atoms with van der Waals surface area (Å²) in [6.45, 7) is 2.16. The van der Waals surface area contributed by atoms with Gasteiger partial charge in [-0.15, -0.1) is 11.3 Å². The molecule has 1 aliphatic carbocycles. The lowest BCUT2D eigenvalue weighted by Gasteiger charge is -2.34. The standard InChI is InChI=1S/C19H20F3N3OS/c1-10-24-16(18(26)25-14-6-5-11(8-14)15(25)9-23)17(27-10)12-3-2-4-13(7-12)19(20,21)22/h2-4,7,11,14-15H,5-6,8-9,23H2,1H3/t11-,14+,15-/m0/s1. The monoisotopic (exact) mass is 395 g/mol. The number of fused-ring (bicyclic) bond motifs is 2. The van der Waals surface area contributed by atoms with Crippen LogP contribution in [0.2, 0.25) is 0 Å². The first-order chi connectivity index (χ1) is 12.8. The molecule has 27 heavy (non-hydrogen) atoms. The fraction of sp³-hybridized carbons (Fsp3) is 0.474. The summed E-state index contributed by atoms with van der Waals surface area (Å²) in [6.07, 6.45) is -1.45. The number of amides is 1. The van der Waals surface area contributed by atoms with Crippen molar-refractivity contribution in [2.45, 2.75) is 44.4 Å². The largest absolute Gasteiger partial charge is 0.416 e. The minimum Gasteiger partial charge on any atom is -0.330 e. The minimum absolute atomic E-state index is 0.00684. The molecule has 4 rings (SSSR count). The SMILES string of the molecule is Cc1nc(C(=O)N2[C@@H]3CC[C@@H](C3)[C@@H]2CN)c(-c2cccc(C(F)(F)F)c2)s1. The van der Waals surface area contributed by atoms with Gasteiger partial charge >= 0.3 is 6.18 Å². The van der Waals surface area contributed by atoms with Crippen molar-refractivity contribution in [2.24, 2.45) is 11.7 Å². The molecule has 1 amide bonds. The van der Waals surface area contributed by atoms with E-state index in [4.69, 9.17) is 5.73 Å². The summed E-state index contributed by atoms with van der Waals surface area (Å²) in [4.78, 5) is 20.0. The number of likely N-dealkylation sites (tertiary alicyclic amines) is 1. The smallest absolute Gasteiger partial charge is 0.330 e. The molecule has 2 N–H and O–H groups in total. The van der Waals surface area contributed by atoms with Gasteiger partial charge in [-0.3, -0.25) is 4.79 Å². The summed E-state index contributed by atoms with van der Waals surface area (Å²) in [7, 11) is 0. The van der Waals surface area contributed by atoms with E-state index in [-0.39, 0.29) is 23.7 Å². The molecule has 1 aromatic heterocycles. The number of nitrogens with zero attached hydrogens (tertiary/aromatic N) is 2. The number of alkyl halides is 3. The highest BCUT2D eigenvalue weighted by molar-refractivity contribution is 7.15. The van der Waals surface area contributed by atoms with E-state index in [1.807, 2.05) is 4.90 Å². The Morgan fingerprint density at radius 1 is 1.37 bits per heavy atom. The quantitative estimate of drug-likeness (QED) is 0.852. The van der Waals surface area contributed by atoms with E-state index < -0.39 is 11.7 Å². The first-order valence-electron chi connectivity index (χ1n) is 8.97. The summed E-state index contributed by atoms with van der Waals surface area (Å²) in [5, 5.41) is 0.652. The summed E-state index contributed by atoms with van der Waals surface area (Å²) in [6, 6.07) is 5.22. The lowest BCUT2D eigenvalue weighted by molar-refractivity contribution is -0.137. The Labute approximate surface area is 159 Å². The van der Waals surface area contributed by atoms with E-state index in [1.165, 1.54) is 17.4 Å². The Bertz CT molecular complexity index is 879. The van der Waals surface area contributed by atoms with Crippen molar-refractivity contribution in [3.05, 3.63) is 40.5 Å². The molecule has 1 saturated carbocycles. The molecule has 1 saturated heterocycles. The molecular formula is C19H20F3N3OS. The molecular weight excluding hydrogens is 375 g/mol. The van der Waals surface area contributed by atoms with Gasteiger partial charge in [0.1, 0.15) is 5.69 Å². The van der Waals surface area contributed by atoms with Gasteiger partial charge in [-0.1, -0.05) is 12.1 Å². The molecule has 144 valence electrons. The molecule has 0 spiro atoms. The Balaban J connectivity index is 1.73. The Morgan fingerprint density at radius 2 is 2.15 bits per heavy atom. The van der Waals surface area contributed by atoms with E-state index in [2.05, 4.69) is 4.98 Å². The number of rotatable bonds is 3. The molecule has 2 bridgehead atoms. The van der Waals surface area contributed by atoms with Crippen LogP contribution in [0.3, 0.4) is 0 Å². The lowest BCUT2D eigenvalue weighted by Crippen LogP contribution is -2.48. The summed E-state index contributed by atoms with van der Waals surface area (Å²) in [5.74, 6) is 0.204. The summed E-state index contributed by atoms with van der Waals surface area (Å²) < 4.78 is 39.3. The number of carbonyl (C=O) groups excluding carboxylic acids is 1. The third-order valence-electron chi connectivity index (χ3n) is 5.61. The topological polar surface area (TPSA) is 59.2 Å². The molecule has 8 heteroatoms. The number of piperidine rings is 1. The highest BCUT2D eigenvalue weighted by Crippen LogP contribution is 2.44. The molecule has 2 aliphatic rings. The van der Waals surface area contributed by atoms with Gasteiger partial charge in [0.2, 0.25) is 0 Å². The van der Waals surface area contributed by atoms with E-state index in [9.17, 15) is 18.0 Å². The van der Waals surface area contributed by atoms with Gasteiger partial charge in [0.15, 0.2) is 0 Å². The first-order valence-corrected chi connectivity index (χ1v) is 9.79. The number of hydrogen-bond acceptors (Lipinski definition) is 4. The Hall–Kier alpha value is -1.93. The molecule has 0 radical (unpaired) electrons. The maximum Gasteiger partial charge on any atom is 0.416 e. The van der Waals surface area contributed by atoms with Crippen molar-refractivity contribution < 1.29 is 18.0 Å². The lowest BCUT2D eigenvalue weighted by atomic mass is 9.98. The van der Waals surface area contributed by atoms with Crippen LogP contribution in [0.4, 0.5) is 13.2 Å². The van der Waals surface area contributed by atoms with Crippen molar-refractivity contribution >= 4 is 17.2 Å². The maximum absolute atomic E-state index is 13.3. The van der Waals surface area contributed by atoms with E-state index in [0.29, 0.717) is 27.9 Å². The number of nitrogens with two attached hydrogens (primary N) is 1. The van der Waals surface area contributed by atoms with Gasteiger partial charge in [-0.05, 0) is 49.8 Å². The molecule has 2 fully saturated rings. The fourth-order valence-corrected chi connectivity index (χ4v) is 5.35. The average Bonchev–Trinajstić information content (AvgIpc) is 3.34. The number of aryl methyl sites for hydroxylation is 1. The van der Waals surface area contributed by atoms with Gasteiger partial charge in [-0.25, -0.2) is 4.98 Å². The van der Waals surface area contributed by atoms with Crippen LogP contribution in [0, 0.1) is 12.8 Å². The van der Waals surface area contributed by atoms with Crippen LogP contribution in [0.5, 0.6) is 0 Å². The molecule has 0 unspecified atom stereocenters. The molecule has 1 aromatic carbocycles. The number of hydrogen-bond donors (Lipinski definition) is 1. The zero-order valence-corrected chi connectivity index (χ0v) is 15.6. The second-order valence-electron chi connectivity index (χ2n) is 7.23. The van der Waals surface area contributed by atoms with Gasteiger partial charge in [0.05, 0.1) is 15.4 Å². The number of halogens is 3. The van der Waals surface area contributed by atoms with Crippen LogP contribution >= 0.6 is 11.3 Å². The van der Waals surface area contributed by atoms with E-state index >= 15 is 0 Å². The first kappa shape index (κ1) is 18.4. The predicted molar refractivity (Wildman–Crippen MR) is 97.4 cm³/mol. The van der Waals surface area contributed by atoms with Crippen molar-refractivity contribution in [2.75, 3.05) is 6.54 Å². The number of benzene rings is 1.